The number of hydrogen-bond donors (Lipinski definition) is 2. The summed E-state index contributed by atoms with van der Waals surface area (Å²) in [4.78, 5) is 10.5. The van der Waals surface area contributed by atoms with Crippen molar-refractivity contribution in [3.05, 3.63) is 45.5 Å². The van der Waals surface area contributed by atoms with E-state index in [0.717, 1.165) is 31.7 Å². The molecule has 1 heterocycles. The Bertz CT molecular complexity index is 483. The lowest BCUT2D eigenvalue weighted by Crippen LogP contribution is -2.23. The highest BCUT2D eigenvalue weighted by Crippen LogP contribution is 2.25. The summed E-state index contributed by atoms with van der Waals surface area (Å²) >= 11 is 0. The quantitative estimate of drug-likeness (QED) is 0.486. The normalized spacial score (nSPS) is 15.1. The van der Waals surface area contributed by atoms with Gasteiger partial charge in [-0.25, -0.2) is 0 Å². The van der Waals surface area contributed by atoms with Crippen LogP contribution in [-0.2, 0) is 0 Å². The van der Waals surface area contributed by atoms with Crippen molar-refractivity contribution in [3.63, 3.8) is 0 Å². The number of benzene rings is 1. The Morgan fingerprint density at radius 1 is 1.50 bits per heavy atom. The van der Waals surface area contributed by atoms with Crippen LogP contribution in [0.4, 0.5) is 11.4 Å². The minimum absolute atomic E-state index is 0.166. The van der Waals surface area contributed by atoms with Crippen LogP contribution in [0.5, 0.6) is 0 Å². The van der Waals surface area contributed by atoms with Gasteiger partial charge in [-0.05, 0) is 26.0 Å². The van der Waals surface area contributed by atoms with Crippen molar-refractivity contribution in [1.29, 1.82) is 0 Å². The maximum Gasteiger partial charge on any atom is 0.274 e. The van der Waals surface area contributed by atoms with Gasteiger partial charge in [-0.15, -0.1) is 0 Å². The number of nitrogens with one attached hydrogen (secondary N) is 2. The molecule has 5 nitrogen and oxygen atoms in total. The number of anilines is 1. The van der Waals surface area contributed by atoms with Gasteiger partial charge in [0.2, 0.25) is 0 Å². The van der Waals surface area contributed by atoms with Crippen molar-refractivity contribution in [1.82, 2.24) is 5.32 Å². The minimum Gasteiger partial charge on any atom is -0.381 e. The van der Waals surface area contributed by atoms with Crippen molar-refractivity contribution < 1.29 is 4.92 Å². The second-order valence-electron chi connectivity index (χ2n) is 4.38. The summed E-state index contributed by atoms with van der Waals surface area (Å²) in [6.07, 6.45) is 3.20. The molecule has 1 aliphatic heterocycles. The van der Waals surface area contributed by atoms with E-state index >= 15 is 0 Å². The first kappa shape index (κ1) is 12.6. The van der Waals surface area contributed by atoms with Crippen LogP contribution < -0.4 is 10.6 Å². The Hall–Kier alpha value is -1.88. The van der Waals surface area contributed by atoms with Gasteiger partial charge >= 0.3 is 0 Å². The molecule has 0 saturated heterocycles. The van der Waals surface area contributed by atoms with Gasteiger partial charge in [-0.1, -0.05) is 17.7 Å². The number of nitro benzene ring substituents is 1. The Morgan fingerprint density at radius 2 is 2.33 bits per heavy atom. The van der Waals surface area contributed by atoms with Crippen molar-refractivity contribution in [2.75, 3.05) is 25.0 Å². The Labute approximate surface area is 106 Å². The average Bonchev–Trinajstić information content (AvgIpc) is 2.38. The predicted molar refractivity (Wildman–Crippen MR) is 71.9 cm³/mol. The van der Waals surface area contributed by atoms with Crippen molar-refractivity contribution in [2.24, 2.45) is 0 Å². The monoisotopic (exact) mass is 247 g/mol. The lowest BCUT2D eigenvalue weighted by Gasteiger charge is -2.16. The fraction of sp³-hybridized carbons (Fsp3) is 0.385. The summed E-state index contributed by atoms with van der Waals surface area (Å²) in [6.45, 7) is 4.44. The molecule has 1 aliphatic rings. The maximum atomic E-state index is 10.8. The second kappa shape index (κ2) is 5.64. The molecule has 2 rings (SSSR count). The maximum absolute atomic E-state index is 10.8. The van der Waals surface area contributed by atoms with E-state index in [9.17, 15) is 10.1 Å². The molecule has 1 aromatic carbocycles. The molecule has 0 amide bonds. The summed E-state index contributed by atoms with van der Waals surface area (Å²) < 4.78 is 0. The molecule has 0 unspecified atom stereocenters. The molecule has 0 radical (unpaired) electrons. The summed E-state index contributed by atoms with van der Waals surface area (Å²) in [5, 5.41) is 17.4. The number of hydrogen-bond acceptors (Lipinski definition) is 4. The van der Waals surface area contributed by atoms with Gasteiger partial charge in [0.25, 0.3) is 5.69 Å². The lowest BCUT2D eigenvalue weighted by molar-refractivity contribution is -0.385. The van der Waals surface area contributed by atoms with Crippen LogP contribution in [0.3, 0.4) is 0 Å². The van der Waals surface area contributed by atoms with Crippen LogP contribution in [0.2, 0.25) is 0 Å². The topological polar surface area (TPSA) is 67.2 Å². The van der Waals surface area contributed by atoms with E-state index < -0.39 is 0 Å². The molecule has 0 saturated carbocycles. The largest absolute Gasteiger partial charge is 0.381 e. The Kier molecular flexibility index (Phi) is 3.94. The second-order valence-corrected chi connectivity index (χ2v) is 4.38. The molecular weight excluding hydrogens is 230 g/mol. The van der Waals surface area contributed by atoms with Gasteiger partial charge in [0, 0.05) is 30.4 Å². The van der Waals surface area contributed by atoms with Crippen LogP contribution in [0.15, 0.2) is 29.8 Å². The predicted octanol–water partition coefficient (Wildman–Crippen LogP) is 2.23. The fourth-order valence-electron chi connectivity index (χ4n) is 2.05. The lowest BCUT2D eigenvalue weighted by atomic mass is 10.1. The standard InChI is InChI=1S/C13H17N3O2/c1-10-12(3-2-4-13(10)16(17)18)15-9-11-5-7-14-8-6-11/h2-5,14-15H,6-9H2,1H3. The van der Waals surface area contributed by atoms with Crippen molar-refractivity contribution >= 4 is 11.4 Å². The van der Waals surface area contributed by atoms with Crippen LogP contribution in [0, 0.1) is 17.0 Å². The molecule has 0 fully saturated rings. The molecule has 1 aromatic rings. The number of rotatable bonds is 4. The van der Waals surface area contributed by atoms with Crippen LogP contribution in [0.25, 0.3) is 0 Å². The minimum atomic E-state index is -0.343. The highest BCUT2D eigenvalue weighted by molar-refractivity contribution is 5.60. The van der Waals surface area contributed by atoms with Gasteiger partial charge < -0.3 is 10.6 Å². The van der Waals surface area contributed by atoms with Gasteiger partial charge in [0.05, 0.1) is 4.92 Å². The van der Waals surface area contributed by atoms with E-state index in [4.69, 9.17) is 0 Å². The van der Waals surface area contributed by atoms with Crippen LogP contribution in [-0.4, -0.2) is 24.6 Å². The summed E-state index contributed by atoms with van der Waals surface area (Å²) in [5.41, 5.74) is 3.04. The third kappa shape index (κ3) is 2.87. The summed E-state index contributed by atoms with van der Waals surface area (Å²) in [6, 6.07) is 5.12. The molecule has 0 spiro atoms. The smallest absolute Gasteiger partial charge is 0.274 e. The zero-order valence-electron chi connectivity index (χ0n) is 10.4. The van der Waals surface area contributed by atoms with Gasteiger partial charge in [-0.2, -0.15) is 0 Å². The zero-order chi connectivity index (χ0) is 13.0. The molecule has 0 aliphatic carbocycles. The highest BCUT2D eigenvalue weighted by atomic mass is 16.6. The molecule has 5 heteroatoms. The third-order valence-corrected chi connectivity index (χ3v) is 3.17. The molecule has 18 heavy (non-hydrogen) atoms. The van der Waals surface area contributed by atoms with Crippen molar-refractivity contribution in [2.45, 2.75) is 13.3 Å². The molecule has 0 atom stereocenters. The first-order chi connectivity index (χ1) is 8.68. The van der Waals surface area contributed by atoms with Gasteiger partial charge in [0.15, 0.2) is 0 Å². The molecule has 0 aromatic heterocycles. The first-order valence-electron chi connectivity index (χ1n) is 6.05. The molecule has 0 bridgehead atoms. The van der Waals surface area contributed by atoms with Crippen LogP contribution >= 0.6 is 0 Å². The molecule has 96 valence electrons. The van der Waals surface area contributed by atoms with Gasteiger partial charge in [0.1, 0.15) is 0 Å². The highest BCUT2D eigenvalue weighted by Gasteiger charge is 2.13. The van der Waals surface area contributed by atoms with E-state index in [1.807, 2.05) is 6.07 Å². The van der Waals surface area contributed by atoms with Crippen LogP contribution in [0.1, 0.15) is 12.0 Å². The Balaban J connectivity index is 2.07. The number of nitrogens with zero attached hydrogens (tertiary/aromatic N) is 1. The summed E-state index contributed by atoms with van der Waals surface area (Å²) in [7, 11) is 0. The van der Waals surface area contributed by atoms with E-state index in [-0.39, 0.29) is 10.6 Å². The zero-order valence-corrected chi connectivity index (χ0v) is 10.4. The van der Waals surface area contributed by atoms with E-state index in [1.54, 1.807) is 13.0 Å². The Morgan fingerprint density at radius 3 is 3.00 bits per heavy atom. The van der Waals surface area contributed by atoms with E-state index in [0.29, 0.717) is 5.56 Å². The van der Waals surface area contributed by atoms with Gasteiger partial charge in [-0.3, -0.25) is 10.1 Å². The number of nitro groups is 1. The molecule has 2 N–H and O–H groups in total. The third-order valence-electron chi connectivity index (χ3n) is 3.17. The molecular formula is C13H17N3O2. The average molecular weight is 247 g/mol. The van der Waals surface area contributed by atoms with E-state index in [1.165, 1.54) is 11.6 Å². The van der Waals surface area contributed by atoms with E-state index in [2.05, 4.69) is 16.7 Å². The SMILES string of the molecule is Cc1c(NCC2=CCNCC2)cccc1[N+](=O)[O-]. The fourth-order valence-corrected chi connectivity index (χ4v) is 2.05. The van der Waals surface area contributed by atoms with Crippen molar-refractivity contribution in [3.8, 4) is 0 Å². The summed E-state index contributed by atoms with van der Waals surface area (Å²) in [5.74, 6) is 0. The first-order valence-corrected chi connectivity index (χ1v) is 6.05.